The van der Waals surface area contributed by atoms with Crippen LogP contribution in [0.1, 0.15) is 28.1 Å². The molecular formula is C17H20N2O4S2. The molecule has 1 aliphatic rings. The first-order chi connectivity index (χ1) is 12.0. The molecule has 1 amide bonds. The topological polar surface area (TPSA) is 84.5 Å². The van der Waals surface area contributed by atoms with Crippen molar-refractivity contribution in [3.8, 4) is 0 Å². The Balaban J connectivity index is 1.68. The lowest BCUT2D eigenvalue weighted by molar-refractivity contribution is 0.0774. The van der Waals surface area contributed by atoms with Gasteiger partial charge in [0, 0.05) is 23.1 Å². The lowest BCUT2D eigenvalue weighted by atomic mass is 10.1. The maximum Gasteiger partial charge on any atom is 0.251 e. The van der Waals surface area contributed by atoms with Gasteiger partial charge in [-0.1, -0.05) is 12.1 Å². The summed E-state index contributed by atoms with van der Waals surface area (Å²) in [5.74, 6) is -0.300. The third kappa shape index (κ3) is 4.88. The van der Waals surface area contributed by atoms with Crippen LogP contribution in [0, 0.1) is 0 Å². The minimum absolute atomic E-state index is 0.0850. The summed E-state index contributed by atoms with van der Waals surface area (Å²) in [5, 5.41) is 4.74. The minimum Gasteiger partial charge on any atom is -0.380 e. The molecule has 2 N–H and O–H groups in total. The molecule has 2 heterocycles. The predicted octanol–water partition coefficient (Wildman–Crippen LogP) is 2.14. The third-order valence-corrected chi connectivity index (χ3v) is 6.29. The molecule has 134 valence electrons. The molecular weight excluding hydrogens is 360 g/mol. The molecule has 2 aromatic rings. The van der Waals surface area contributed by atoms with Gasteiger partial charge in [-0.15, -0.1) is 11.3 Å². The molecule has 1 aromatic carbocycles. The number of amides is 1. The van der Waals surface area contributed by atoms with Gasteiger partial charge in [-0.05, 0) is 42.5 Å². The Morgan fingerprint density at radius 3 is 2.88 bits per heavy atom. The van der Waals surface area contributed by atoms with Crippen molar-refractivity contribution in [3.05, 3.63) is 52.2 Å². The lowest BCUT2D eigenvalue weighted by Crippen LogP contribution is -2.40. The largest absolute Gasteiger partial charge is 0.380 e. The highest BCUT2D eigenvalue weighted by Gasteiger charge is 2.23. The molecule has 8 heteroatoms. The molecule has 25 heavy (non-hydrogen) atoms. The summed E-state index contributed by atoms with van der Waals surface area (Å²) < 4.78 is 33.0. The van der Waals surface area contributed by atoms with E-state index in [4.69, 9.17) is 4.74 Å². The van der Waals surface area contributed by atoms with Crippen molar-refractivity contribution in [3.63, 3.8) is 0 Å². The summed E-state index contributed by atoms with van der Waals surface area (Å²) in [7, 11) is -3.68. The van der Waals surface area contributed by atoms with Gasteiger partial charge in [-0.25, -0.2) is 13.1 Å². The van der Waals surface area contributed by atoms with Crippen molar-refractivity contribution >= 4 is 27.3 Å². The number of nitrogens with one attached hydrogen (secondary N) is 2. The Morgan fingerprint density at radius 1 is 1.28 bits per heavy atom. The molecule has 3 rings (SSSR count). The maximum atomic E-state index is 12.5. The first-order valence-electron chi connectivity index (χ1n) is 8.05. The number of hydrogen-bond donors (Lipinski definition) is 2. The van der Waals surface area contributed by atoms with Gasteiger partial charge in [0.15, 0.2) is 0 Å². The van der Waals surface area contributed by atoms with Crippen LogP contribution in [0.3, 0.4) is 0 Å². The normalized spacial score (nSPS) is 18.0. The summed E-state index contributed by atoms with van der Waals surface area (Å²) in [6.07, 6.45) is 1.58. The van der Waals surface area contributed by atoms with E-state index in [9.17, 15) is 13.2 Å². The zero-order valence-electron chi connectivity index (χ0n) is 13.6. The summed E-state index contributed by atoms with van der Waals surface area (Å²) >= 11 is 1.55. The maximum absolute atomic E-state index is 12.5. The second-order valence-electron chi connectivity index (χ2n) is 5.83. The fourth-order valence-electron chi connectivity index (χ4n) is 2.61. The standard InChI is InChI=1S/C17H20N2O4S2/c20-17(18-11-15-6-3-9-24-15)13-4-1-7-16(10-13)25(21,22)19-14-5-2-8-23-12-14/h1,3-4,6-7,9-10,14,19H,2,5,8,11-12H2,(H,18,20). The second kappa shape index (κ2) is 8.09. The molecule has 1 aliphatic heterocycles. The Morgan fingerprint density at radius 2 is 2.16 bits per heavy atom. The highest BCUT2D eigenvalue weighted by Crippen LogP contribution is 2.15. The highest BCUT2D eigenvalue weighted by molar-refractivity contribution is 7.89. The van der Waals surface area contributed by atoms with E-state index in [1.807, 2.05) is 17.5 Å². The van der Waals surface area contributed by atoms with Crippen LogP contribution in [0.15, 0.2) is 46.7 Å². The van der Waals surface area contributed by atoms with Crippen LogP contribution in [-0.2, 0) is 21.3 Å². The van der Waals surface area contributed by atoms with Crippen molar-refractivity contribution in [1.82, 2.24) is 10.0 Å². The second-order valence-corrected chi connectivity index (χ2v) is 8.57. The zero-order chi connectivity index (χ0) is 17.7. The van der Waals surface area contributed by atoms with E-state index in [-0.39, 0.29) is 16.8 Å². The summed E-state index contributed by atoms with van der Waals surface area (Å²) in [6, 6.07) is 9.69. The number of hydrogen-bond acceptors (Lipinski definition) is 5. The van der Waals surface area contributed by atoms with E-state index < -0.39 is 10.0 Å². The van der Waals surface area contributed by atoms with Gasteiger partial charge in [0.25, 0.3) is 5.91 Å². The summed E-state index contributed by atoms with van der Waals surface area (Å²) in [5.41, 5.74) is 0.319. The number of sulfonamides is 1. The Labute approximate surface area is 151 Å². The van der Waals surface area contributed by atoms with E-state index >= 15 is 0 Å². The van der Waals surface area contributed by atoms with Crippen molar-refractivity contribution in [2.75, 3.05) is 13.2 Å². The van der Waals surface area contributed by atoms with Crippen LogP contribution in [0.2, 0.25) is 0 Å². The van der Waals surface area contributed by atoms with Crippen LogP contribution in [0.4, 0.5) is 0 Å². The van der Waals surface area contributed by atoms with Gasteiger partial charge in [-0.2, -0.15) is 0 Å². The molecule has 0 bridgehead atoms. The fourth-order valence-corrected chi connectivity index (χ4v) is 4.55. The van der Waals surface area contributed by atoms with Gasteiger partial charge in [0.2, 0.25) is 10.0 Å². The first kappa shape index (κ1) is 18.1. The number of thiophene rings is 1. The van der Waals surface area contributed by atoms with E-state index in [1.165, 1.54) is 12.1 Å². The van der Waals surface area contributed by atoms with Crippen LogP contribution < -0.4 is 10.0 Å². The lowest BCUT2D eigenvalue weighted by Gasteiger charge is -2.23. The highest BCUT2D eigenvalue weighted by atomic mass is 32.2. The van der Waals surface area contributed by atoms with Gasteiger partial charge < -0.3 is 10.1 Å². The summed E-state index contributed by atoms with van der Waals surface area (Å²) in [6.45, 7) is 1.46. The van der Waals surface area contributed by atoms with Crippen molar-refractivity contribution in [2.45, 2.75) is 30.3 Å². The number of benzene rings is 1. The number of rotatable bonds is 6. The average Bonchev–Trinajstić information content (AvgIpc) is 3.14. The quantitative estimate of drug-likeness (QED) is 0.804. The van der Waals surface area contributed by atoms with Gasteiger partial charge >= 0.3 is 0 Å². The predicted molar refractivity (Wildman–Crippen MR) is 96.1 cm³/mol. The van der Waals surface area contributed by atoms with Crippen molar-refractivity contribution in [1.29, 1.82) is 0 Å². The first-order valence-corrected chi connectivity index (χ1v) is 10.4. The molecule has 1 saturated heterocycles. The number of carbonyl (C=O) groups is 1. The van der Waals surface area contributed by atoms with Crippen LogP contribution >= 0.6 is 11.3 Å². The van der Waals surface area contributed by atoms with Gasteiger partial charge in [-0.3, -0.25) is 4.79 Å². The van der Waals surface area contributed by atoms with Gasteiger partial charge in [0.1, 0.15) is 0 Å². The Bertz CT molecular complexity index is 813. The summed E-state index contributed by atoms with van der Waals surface area (Å²) in [4.78, 5) is 13.4. The van der Waals surface area contributed by atoms with Crippen molar-refractivity contribution < 1.29 is 17.9 Å². The van der Waals surface area contributed by atoms with Gasteiger partial charge in [0.05, 0.1) is 18.0 Å². The fraction of sp³-hybridized carbons (Fsp3) is 0.353. The number of carbonyl (C=O) groups excluding carboxylic acids is 1. The minimum atomic E-state index is -3.68. The third-order valence-electron chi connectivity index (χ3n) is 3.89. The van der Waals surface area contributed by atoms with Crippen molar-refractivity contribution in [2.24, 2.45) is 0 Å². The smallest absolute Gasteiger partial charge is 0.251 e. The number of ether oxygens (including phenoxy) is 1. The molecule has 0 aliphatic carbocycles. The molecule has 0 saturated carbocycles. The molecule has 0 spiro atoms. The van der Waals surface area contributed by atoms with Crippen LogP contribution in [0.25, 0.3) is 0 Å². The van der Waals surface area contributed by atoms with E-state index in [0.717, 1.165) is 17.7 Å². The van der Waals surface area contributed by atoms with E-state index in [0.29, 0.717) is 25.3 Å². The van der Waals surface area contributed by atoms with Crippen LogP contribution in [0.5, 0.6) is 0 Å². The molecule has 1 atom stereocenters. The SMILES string of the molecule is O=C(NCc1cccs1)c1cccc(S(=O)(=O)NC2CCCOC2)c1. The van der Waals surface area contributed by atoms with Crippen LogP contribution in [-0.4, -0.2) is 33.6 Å². The van der Waals surface area contributed by atoms with E-state index in [2.05, 4.69) is 10.0 Å². The Kier molecular flexibility index (Phi) is 5.85. The molecule has 1 unspecified atom stereocenters. The molecule has 1 fully saturated rings. The average molecular weight is 380 g/mol. The monoisotopic (exact) mass is 380 g/mol. The Hall–Kier alpha value is -1.74. The molecule has 0 radical (unpaired) electrons. The molecule has 1 aromatic heterocycles. The zero-order valence-corrected chi connectivity index (χ0v) is 15.2. The van der Waals surface area contributed by atoms with E-state index in [1.54, 1.807) is 23.5 Å². The molecule has 6 nitrogen and oxygen atoms in total.